The molecule has 6 nitrogen and oxygen atoms in total. The van der Waals surface area contributed by atoms with Crippen molar-refractivity contribution >= 4 is 11.8 Å². The summed E-state index contributed by atoms with van der Waals surface area (Å²) < 4.78 is 5.13. The van der Waals surface area contributed by atoms with Gasteiger partial charge in [0, 0.05) is 39.0 Å². The van der Waals surface area contributed by atoms with Gasteiger partial charge in [-0.15, -0.1) is 0 Å². The van der Waals surface area contributed by atoms with E-state index in [4.69, 9.17) is 4.74 Å². The molecule has 1 saturated heterocycles. The number of methoxy groups -OCH3 is 1. The van der Waals surface area contributed by atoms with Crippen LogP contribution in [0.5, 0.6) is 0 Å². The number of aliphatic hydroxyl groups is 1. The van der Waals surface area contributed by atoms with Crippen LogP contribution < -0.4 is 0 Å². The first kappa shape index (κ1) is 19.8. The highest BCUT2D eigenvalue weighted by Gasteiger charge is 2.53. The lowest BCUT2D eigenvalue weighted by Crippen LogP contribution is -2.70. The maximum Gasteiger partial charge on any atom is 0.226 e. The third-order valence-corrected chi connectivity index (χ3v) is 6.04. The van der Waals surface area contributed by atoms with E-state index in [2.05, 4.69) is 0 Å². The summed E-state index contributed by atoms with van der Waals surface area (Å²) in [5.41, 5.74) is 1.11. The number of rotatable bonds is 8. The molecular weight excluding hydrogens is 344 g/mol. The van der Waals surface area contributed by atoms with Crippen LogP contribution in [0, 0.1) is 5.92 Å². The number of carbonyl (C=O) groups is 2. The summed E-state index contributed by atoms with van der Waals surface area (Å²) in [6, 6.07) is 9.66. The van der Waals surface area contributed by atoms with Gasteiger partial charge in [0.1, 0.15) is 0 Å². The molecule has 1 N–H and O–H groups in total. The van der Waals surface area contributed by atoms with Crippen molar-refractivity contribution < 1.29 is 19.4 Å². The number of likely N-dealkylation sites (tertiary alicyclic amines) is 1. The van der Waals surface area contributed by atoms with Gasteiger partial charge >= 0.3 is 0 Å². The predicted molar refractivity (Wildman–Crippen MR) is 102 cm³/mol. The van der Waals surface area contributed by atoms with Crippen LogP contribution in [0.3, 0.4) is 0 Å². The molecule has 1 aromatic rings. The van der Waals surface area contributed by atoms with Crippen LogP contribution in [-0.2, 0) is 14.3 Å². The van der Waals surface area contributed by atoms with Crippen molar-refractivity contribution in [1.82, 2.24) is 9.80 Å². The Bertz CT molecular complexity index is 647. The van der Waals surface area contributed by atoms with Crippen molar-refractivity contribution in [3.05, 3.63) is 35.9 Å². The van der Waals surface area contributed by atoms with E-state index in [9.17, 15) is 14.7 Å². The van der Waals surface area contributed by atoms with Crippen LogP contribution in [-0.4, -0.2) is 72.2 Å². The highest BCUT2D eigenvalue weighted by atomic mass is 16.5. The zero-order valence-corrected chi connectivity index (χ0v) is 16.2. The quantitative estimate of drug-likeness (QED) is 0.751. The largest absolute Gasteiger partial charge is 0.394 e. The van der Waals surface area contributed by atoms with E-state index < -0.39 is 0 Å². The number of hydrogen-bond acceptors (Lipinski definition) is 4. The molecule has 3 rings (SSSR count). The molecule has 0 radical (unpaired) electrons. The molecule has 1 aliphatic heterocycles. The topological polar surface area (TPSA) is 70.1 Å². The molecule has 1 aromatic carbocycles. The van der Waals surface area contributed by atoms with Crippen molar-refractivity contribution in [3.8, 4) is 0 Å². The van der Waals surface area contributed by atoms with Crippen molar-refractivity contribution in [1.29, 1.82) is 0 Å². The Kier molecular flexibility index (Phi) is 6.50. The lowest BCUT2D eigenvalue weighted by atomic mass is 9.72. The molecule has 6 heteroatoms. The fourth-order valence-corrected chi connectivity index (χ4v) is 4.27. The number of ether oxygens (including phenoxy) is 1. The first-order valence-corrected chi connectivity index (χ1v) is 9.81. The number of benzene rings is 1. The lowest BCUT2D eigenvalue weighted by molar-refractivity contribution is -0.161. The Balaban J connectivity index is 1.84. The fraction of sp³-hybridized carbons (Fsp3) is 0.619. The zero-order chi connectivity index (χ0) is 19.4. The van der Waals surface area contributed by atoms with Crippen molar-refractivity contribution in [3.63, 3.8) is 0 Å². The molecular formula is C21H30N2O4. The molecule has 1 heterocycles. The van der Waals surface area contributed by atoms with Crippen LogP contribution in [0.4, 0.5) is 0 Å². The van der Waals surface area contributed by atoms with Crippen LogP contribution in [0.2, 0.25) is 0 Å². The van der Waals surface area contributed by atoms with Gasteiger partial charge in [-0.25, -0.2) is 0 Å². The minimum absolute atomic E-state index is 0.0256. The Morgan fingerprint density at radius 1 is 1.22 bits per heavy atom. The van der Waals surface area contributed by atoms with Gasteiger partial charge in [0.15, 0.2) is 0 Å². The Morgan fingerprint density at radius 2 is 1.93 bits per heavy atom. The minimum atomic E-state index is -0.221. The van der Waals surface area contributed by atoms with E-state index in [1.54, 1.807) is 18.9 Å². The normalized spacial score (nSPS) is 24.9. The molecule has 0 spiro atoms. The smallest absolute Gasteiger partial charge is 0.226 e. The SMILES string of the molecule is COCCN(C[C@@H]1[C@@H](c2ccccc2)[C@H](CO)N1C(=O)C1CCC1)C(C)=O. The fourth-order valence-electron chi connectivity index (χ4n) is 4.27. The Labute approximate surface area is 161 Å². The maximum absolute atomic E-state index is 13.0. The molecule has 0 aromatic heterocycles. The lowest BCUT2D eigenvalue weighted by Gasteiger charge is -2.57. The number of nitrogens with zero attached hydrogens (tertiary/aromatic N) is 2. The molecule has 1 aliphatic carbocycles. The van der Waals surface area contributed by atoms with E-state index >= 15 is 0 Å². The standard InChI is InChI=1S/C21H30N2O4/c1-15(25)22(11-12-27-2)13-18-20(16-7-4-3-5-8-16)19(14-24)23(18)21(26)17-9-6-10-17/h3-5,7-8,17-20,24H,6,9-14H2,1-2H3/t18-,19+,20-/m1/s1. The van der Waals surface area contributed by atoms with Crippen molar-refractivity contribution in [2.45, 2.75) is 44.2 Å². The van der Waals surface area contributed by atoms with Gasteiger partial charge in [-0.3, -0.25) is 9.59 Å². The van der Waals surface area contributed by atoms with Gasteiger partial charge in [-0.1, -0.05) is 36.8 Å². The van der Waals surface area contributed by atoms with Gasteiger partial charge in [-0.2, -0.15) is 0 Å². The predicted octanol–water partition coefficient (Wildman–Crippen LogP) is 1.64. The summed E-state index contributed by atoms with van der Waals surface area (Å²) in [6.45, 7) is 2.91. The molecule has 3 atom stereocenters. The summed E-state index contributed by atoms with van der Waals surface area (Å²) in [7, 11) is 1.61. The first-order valence-electron chi connectivity index (χ1n) is 9.81. The number of aliphatic hydroxyl groups excluding tert-OH is 1. The van der Waals surface area contributed by atoms with E-state index in [0.29, 0.717) is 19.7 Å². The zero-order valence-electron chi connectivity index (χ0n) is 16.2. The Hall–Kier alpha value is -1.92. The number of amides is 2. The molecule has 2 fully saturated rings. The molecule has 148 valence electrons. The van der Waals surface area contributed by atoms with Crippen LogP contribution in [0.25, 0.3) is 0 Å². The second-order valence-corrected chi connectivity index (χ2v) is 7.58. The van der Waals surface area contributed by atoms with E-state index in [0.717, 1.165) is 24.8 Å². The summed E-state index contributed by atoms with van der Waals surface area (Å²) in [6.07, 6.45) is 2.95. The van der Waals surface area contributed by atoms with Crippen LogP contribution in [0.1, 0.15) is 37.7 Å². The molecule has 0 unspecified atom stereocenters. The molecule has 2 amide bonds. The second-order valence-electron chi connectivity index (χ2n) is 7.58. The van der Waals surface area contributed by atoms with Gasteiger partial charge < -0.3 is 19.6 Å². The summed E-state index contributed by atoms with van der Waals surface area (Å²) in [4.78, 5) is 28.7. The summed E-state index contributed by atoms with van der Waals surface area (Å²) in [5.74, 6) is 0.211. The molecule has 0 bridgehead atoms. The van der Waals surface area contributed by atoms with Gasteiger partial charge in [0.2, 0.25) is 11.8 Å². The molecule has 2 aliphatic rings. The average Bonchev–Trinajstić information content (AvgIpc) is 2.59. The third kappa shape index (κ3) is 4.01. The number of carbonyl (C=O) groups excluding carboxylic acids is 2. The van der Waals surface area contributed by atoms with Crippen molar-refractivity contribution in [2.24, 2.45) is 5.92 Å². The minimum Gasteiger partial charge on any atom is -0.394 e. The number of hydrogen-bond donors (Lipinski definition) is 1. The molecule has 1 saturated carbocycles. The highest BCUT2D eigenvalue weighted by molar-refractivity contribution is 5.82. The third-order valence-electron chi connectivity index (χ3n) is 6.04. The van der Waals surface area contributed by atoms with E-state index in [1.165, 1.54) is 0 Å². The first-order chi connectivity index (χ1) is 13.1. The van der Waals surface area contributed by atoms with Gasteiger partial charge in [-0.05, 0) is 18.4 Å². The van der Waals surface area contributed by atoms with Crippen LogP contribution >= 0.6 is 0 Å². The molecule has 27 heavy (non-hydrogen) atoms. The average molecular weight is 374 g/mol. The van der Waals surface area contributed by atoms with Crippen molar-refractivity contribution in [2.75, 3.05) is 33.4 Å². The summed E-state index contributed by atoms with van der Waals surface area (Å²) in [5, 5.41) is 10.0. The monoisotopic (exact) mass is 374 g/mol. The summed E-state index contributed by atoms with van der Waals surface area (Å²) >= 11 is 0. The Morgan fingerprint density at radius 3 is 2.44 bits per heavy atom. The maximum atomic E-state index is 13.0. The van der Waals surface area contributed by atoms with Gasteiger partial charge in [0.05, 0.1) is 25.3 Å². The van der Waals surface area contributed by atoms with E-state index in [-0.39, 0.29) is 42.3 Å². The highest BCUT2D eigenvalue weighted by Crippen LogP contribution is 2.43. The van der Waals surface area contributed by atoms with Crippen LogP contribution in [0.15, 0.2) is 30.3 Å². The van der Waals surface area contributed by atoms with Gasteiger partial charge in [0.25, 0.3) is 0 Å². The second kappa shape index (κ2) is 8.85. The van der Waals surface area contributed by atoms with E-state index in [1.807, 2.05) is 35.2 Å².